The smallest absolute Gasteiger partial charge is 0.330 e. The molecule has 1 atom stereocenters. The van der Waals surface area contributed by atoms with Crippen LogP contribution >= 0.6 is 0 Å². The van der Waals surface area contributed by atoms with Crippen LogP contribution in [0.4, 0.5) is 0 Å². The first-order chi connectivity index (χ1) is 8.69. The highest BCUT2D eigenvalue weighted by molar-refractivity contribution is 5.82. The van der Waals surface area contributed by atoms with E-state index < -0.39 is 5.54 Å². The van der Waals surface area contributed by atoms with Gasteiger partial charge in [-0.05, 0) is 24.6 Å². The third-order valence-corrected chi connectivity index (χ3v) is 3.57. The van der Waals surface area contributed by atoms with Crippen molar-refractivity contribution < 1.29 is 9.53 Å². The average Bonchev–Trinajstić information content (AvgIpc) is 2.47. The van der Waals surface area contributed by atoms with E-state index >= 15 is 0 Å². The second kappa shape index (κ2) is 5.46. The van der Waals surface area contributed by atoms with Crippen molar-refractivity contribution in [3.63, 3.8) is 0 Å². The van der Waals surface area contributed by atoms with Crippen LogP contribution in [0.3, 0.4) is 0 Å². The molecule has 0 bridgehead atoms. The summed E-state index contributed by atoms with van der Waals surface area (Å²) in [5.41, 5.74) is 0.186. The first-order valence-corrected chi connectivity index (χ1v) is 6.14. The summed E-state index contributed by atoms with van der Waals surface area (Å²) in [6.45, 7) is 5.34. The van der Waals surface area contributed by atoms with E-state index in [1.54, 1.807) is 12.4 Å². The van der Waals surface area contributed by atoms with Gasteiger partial charge in [-0.25, -0.2) is 4.79 Å². The SMILES string of the molecule is COC(=O)C(C)(c1ccncc1)N1CCNCC1. The summed E-state index contributed by atoms with van der Waals surface area (Å²) < 4.78 is 5.00. The highest BCUT2D eigenvalue weighted by atomic mass is 16.5. The molecule has 2 heterocycles. The van der Waals surface area contributed by atoms with Gasteiger partial charge in [0.2, 0.25) is 0 Å². The molecule has 5 heteroatoms. The van der Waals surface area contributed by atoms with E-state index in [9.17, 15) is 4.79 Å². The molecule has 1 N–H and O–H groups in total. The Balaban J connectivity index is 2.36. The van der Waals surface area contributed by atoms with Crippen molar-refractivity contribution in [1.82, 2.24) is 15.2 Å². The van der Waals surface area contributed by atoms with Gasteiger partial charge in [0.15, 0.2) is 0 Å². The van der Waals surface area contributed by atoms with Crippen LogP contribution in [0.25, 0.3) is 0 Å². The summed E-state index contributed by atoms with van der Waals surface area (Å²) in [5.74, 6) is -0.226. The van der Waals surface area contributed by atoms with E-state index in [-0.39, 0.29) is 5.97 Å². The summed E-state index contributed by atoms with van der Waals surface area (Å²) in [4.78, 5) is 18.4. The quantitative estimate of drug-likeness (QED) is 0.785. The van der Waals surface area contributed by atoms with E-state index in [0.717, 1.165) is 31.7 Å². The third kappa shape index (κ3) is 2.23. The number of methoxy groups -OCH3 is 1. The van der Waals surface area contributed by atoms with Gasteiger partial charge >= 0.3 is 5.97 Å². The van der Waals surface area contributed by atoms with Crippen molar-refractivity contribution in [2.24, 2.45) is 0 Å². The molecule has 0 spiro atoms. The van der Waals surface area contributed by atoms with E-state index in [4.69, 9.17) is 4.74 Å². The summed E-state index contributed by atoms with van der Waals surface area (Å²) in [6.07, 6.45) is 3.41. The number of rotatable bonds is 3. The molecule has 1 aromatic heterocycles. The highest BCUT2D eigenvalue weighted by Gasteiger charge is 2.42. The van der Waals surface area contributed by atoms with Gasteiger partial charge in [0.05, 0.1) is 7.11 Å². The van der Waals surface area contributed by atoms with Gasteiger partial charge in [-0.3, -0.25) is 9.88 Å². The minimum Gasteiger partial charge on any atom is -0.467 e. The lowest BCUT2D eigenvalue weighted by Crippen LogP contribution is -2.57. The largest absolute Gasteiger partial charge is 0.467 e. The molecular formula is C13H19N3O2. The number of hydrogen-bond donors (Lipinski definition) is 1. The van der Waals surface area contributed by atoms with Crippen LogP contribution in [-0.2, 0) is 15.1 Å². The molecule has 1 aliphatic heterocycles. The average molecular weight is 249 g/mol. The number of hydrogen-bond acceptors (Lipinski definition) is 5. The number of pyridine rings is 1. The molecule has 98 valence electrons. The van der Waals surface area contributed by atoms with Crippen LogP contribution in [-0.4, -0.2) is 49.1 Å². The Morgan fingerprint density at radius 1 is 1.39 bits per heavy atom. The first-order valence-electron chi connectivity index (χ1n) is 6.14. The Morgan fingerprint density at radius 3 is 2.56 bits per heavy atom. The maximum atomic E-state index is 12.2. The Labute approximate surface area is 107 Å². The highest BCUT2D eigenvalue weighted by Crippen LogP contribution is 2.29. The minimum absolute atomic E-state index is 0.226. The molecule has 1 unspecified atom stereocenters. The zero-order valence-corrected chi connectivity index (χ0v) is 10.8. The number of carbonyl (C=O) groups is 1. The lowest BCUT2D eigenvalue weighted by atomic mass is 9.90. The fourth-order valence-corrected chi connectivity index (χ4v) is 2.42. The maximum absolute atomic E-state index is 12.2. The number of aromatic nitrogens is 1. The van der Waals surface area contributed by atoms with Gasteiger partial charge in [-0.2, -0.15) is 0 Å². The normalized spacial score (nSPS) is 20.1. The molecule has 0 amide bonds. The molecule has 0 saturated carbocycles. The van der Waals surface area contributed by atoms with Crippen molar-refractivity contribution in [2.75, 3.05) is 33.3 Å². The van der Waals surface area contributed by atoms with Crippen molar-refractivity contribution in [3.05, 3.63) is 30.1 Å². The predicted octanol–water partition coefficient (Wildman–Crippen LogP) is 0.375. The van der Waals surface area contributed by atoms with Crippen molar-refractivity contribution in [2.45, 2.75) is 12.5 Å². The molecule has 0 radical (unpaired) electrons. The zero-order chi connectivity index (χ0) is 13.0. The molecule has 5 nitrogen and oxygen atoms in total. The molecule has 1 saturated heterocycles. The second-order valence-corrected chi connectivity index (χ2v) is 4.54. The van der Waals surface area contributed by atoms with Crippen LogP contribution in [0.2, 0.25) is 0 Å². The van der Waals surface area contributed by atoms with E-state index in [2.05, 4.69) is 15.2 Å². The van der Waals surface area contributed by atoms with Gasteiger partial charge < -0.3 is 10.1 Å². The second-order valence-electron chi connectivity index (χ2n) is 4.54. The summed E-state index contributed by atoms with van der Waals surface area (Å²) in [7, 11) is 1.43. The zero-order valence-electron chi connectivity index (χ0n) is 10.8. The van der Waals surface area contributed by atoms with Crippen LogP contribution in [0.1, 0.15) is 12.5 Å². The maximum Gasteiger partial charge on any atom is 0.330 e. The third-order valence-electron chi connectivity index (χ3n) is 3.57. The Kier molecular flexibility index (Phi) is 3.93. The van der Waals surface area contributed by atoms with Gasteiger partial charge in [0.1, 0.15) is 5.54 Å². The molecule has 1 aromatic rings. The predicted molar refractivity (Wildman–Crippen MR) is 68.0 cm³/mol. The Morgan fingerprint density at radius 2 is 2.00 bits per heavy atom. The van der Waals surface area contributed by atoms with Crippen LogP contribution in [0, 0.1) is 0 Å². The fraction of sp³-hybridized carbons (Fsp3) is 0.538. The molecule has 0 aromatic carbocycles. The standard InChI is InChI=1S/C13H19N3O2/c1-13(12(17)18-2,11-3-5-14-6-4-11)16-9-7-15-8-10-16/h3-6,15H,7-10H2,1-2H3. The number of piperazine rings is 1. The van der Waals surface area contributed by atoms with Crippen molar-refractivity contribution in [3.8, 4) is 0 Å². The summed E-state index contributed by atoms with van der Waals surface area (Å²) in [5, 5.41) is 3.29. The molecule has 1 fully saturated rings. The summed E-state index contributed by atoms with van der Waals surface area (Å²) >= 11 is 0. The topological polar surface area (TPSA) is 54.5 Å². The van der Waals surface area contributed by atoms with Gasteiger partial charge in [-0.1, -0.05) is 0 Å². The van der Waals surface area contributed by atoms with Gasteiger partial charge in [0.25, 0.3) is 0 Å². The van der Waals surface area contributed by atoms with E-state index in [1.165, 1.54) is 7.11 Å². The summed E-state index contributed by atoms with van der Waals surface area (Å²) in [6, 6.07) is 3.75. The Hall–Kier alpha value is -1.46. The minimum atomic E-state index is -0.736. The number of nitrogens with zero attached hydrogens (tertiary/aromatic N) is 2. The number of nitrogens with one attached hydrogen (secondary N) is 1. The monoisotopic (exact) mass is 249 g/mol. The van der Waals surface area contributed by atoms with Crippen LogP contribution < -0.4 is 5.32 Å². The fourth-order valence-electron chi connectivity index (χ4n) is 2.42. The number of ether oxygens (including phenoxy) is 1. The molecule has 1 aliphatic rings. The van der Waals surface area contributed by atoms with E-state index in [0.29, 0.717) is 0 Å². The van der Waals surface area contributed by atoms with Crippen molar-refractivity contribution >= 4 is 5.97 Å². The lowest BCUT2D eigenvalue weighted by Gasteiger charge is -2.41. The van der Waals surface area contributed by atoms with Crippen LogP contribution in [0.15, 0.2) is 24.5 Å². The lowest BCUT2D eigenvalue weighted by molar-refractivity contribution is -0.155. The first kappa shape index (κ1) is 13.0. The number of esters is 1. The van der Waals surface area contributed by atoms with Gasteiger partial charge in [-0.15, -0.1) is 0 Å². The Bertz CT molecular complexity index is 404. The molecule has 18 heavy (non-hydrogen) atoms. The van der Waals surface area contributed by atoms with Crippen LogP contribution in [0.5, 0.6) is 0 Å². The molecular weight excluding hydrogens is 230 g/mol. The number of carbonyl (C=O) groups excluding carboxylic acids is 1. The van der Waals surface area contributed by atoms with Crippen molar-refractivity contribution in [1.29, 1.82) is 0 Å². The molecule has 2 rings (SSSR count). The van der Waals surface area contributed by atoms with Gasteiger partial charge in [0, 0.05) is 38.6 Å². The molecule has 0 aliphatic carbocycles. The van der Waals surface area contributed by atoms with E-state index in [1.807, 2.05) is 19.1 Å².